The van der Waals surface area contributed by atoms with E-state index in [4.69, 9.17) is 0 Å². The van der Waals surface area contributed by atoms with Crippen molar-refractivity contribution in [2.24, 2.45) is 14.1 Å². The van der Waals surface area contributed by atoms with Crippen LogP contribution in [-0.2, 0) is 14.1 Å². The van der Waals surface area contributed by atoms with E-state index in [0.29, 0.717) is 10.9 Å². The Balaban J connectivity index is 2.26. The van der Waals surface area contributed by atoms with Gasteiger partial charge in [-0.3, -0.25) is 13.9 Å². The number of rotatable bonds is 2. The first-order valence-electron chi connectivity index (χ1n) is 8.95. The van der Waals surface area contributed by atoms with E-state index >= 15 is 0 Å². The predicted octanol–water partition coefficient (Wildman–Crippen LogP) is 4.07. The Morgan fingerprint density at radius 3 is 2.32 bits per heavy atom. The van der Waals surface area contributed by atoms with Crippen molar-refractivity contribution in [1.82, 2.24) is 13.7 Å². The maximum atomic E-state index is 13.1. The highest BCUT2D eigenvalue weighted by molar-refractivity contribution is 9.10. The molecule has 0 radical (unpaired) electrons. The largest absolute Gasteiger partial charge is 0.330 e. The Morgan fingerprint density at radius 1 is 0.929 bits per heavy atom. The first-order valence-corrected chi connectivity index (χ1v) is 9.74. The lowest BCUT2D eigenvalue weighted by Crippen LogP contribution is -2.36. The third kappa shape index (κ3) is 2.67. The van der Waals surface area contributed by atoms with Crippen molar-refractivity contribution in [1.29, 1.82) is 0 Å². The summed E-state index contributed by atoms with van der Waals surface area (Å²) in [4.78, 5) is 25.6. The number of fused-ring (bicyclic) bond motifs is 1. The van der Waals surface area contributed by atoms with E-state index in [1.165, 1.54) is 17.2 Å². The molecule has 6 heteroatoms. The second-order valence-corrected chi connectivity index (χ2v) is 7.94. The van der Waals surface area contributed by atoms with Crippen LogP contribution in [0.1, 0.15) is 11.1 Å². The topological polar surface area (TPSA) is 48.9 Å². The molecule has 5 nitrogen and oxygen atoms in total. The minimum absolute atomic E-state index is 0.299. The van der Waals surface area contributed by atoms with Gasteiger partial charge in [0.2, 0.25) is 0 Å². The van der Waals surface area contributed by atoms with Crippen molar-refractivity contribution in [3.63, 3.8) is 0 Å². The zero-order chi connectivity index (χ0) is 20.2. The maximum absolute atomic E-state index is 13.1. The number of hydrogen-bond acceptors (Lipinski definition) is 2. The molecular weight excluding hydrogens is 418 g/mol. The minimum Gasteiger partial charge on any atom is -0.313 e. The van der Waals surface area contributed by atoms with E-state index in [2.05, 4.69) is 28.9 Å². The Hall–Kier alpha value is -2.86. The highest BCUT2D eigenvalue weighted by Gasteiger charge is 2.22. The molecule has 0 fully saturated rings. The SMILES string of the molecule is Cc1ccc(-n2cc3c(c2-c2ccccc2Br)c(=O)n(C)c(=O)n3C)c(C)c1. The summed E-state index contributed by atoms with van der Waals surface area (Å²) in [5, 5.41) is 0.525. The van der Waals surface area contributed by atoms with Crippen LogP contribution in [0.2, 0.25) is 0 Å². The van der Waals surface area contributed by atoms with Crippen LogP contribution in [0.25, 0.3) is 27.8 Å². The molecule has 0 N–H and O–H groups in total. The molecule has 0 aliphatic heterocycles. The van der Waals surface area contributed by atoms with Gasteiger partial charge in [-0.05, 0) is 31.5 Å². The zero-order valence-electron chi connectivity index (χ0n) is 16.2. The van der Waals surface area contributed by atoms with Gasteiger partial charge in [0.25, 0.3) is 5.56 Å². The summed E-state index contributed by atoms with van der Waals surface area (Å²) in [6.07, 6.45) is 1.88. The summed E-state index contributed by atoms with van der Waals surface area (Å²) in [6.45, 7) is 4.10. The van der Waals surface area contributed by atoms with Crippen molar-refractivity contribution in [2.45, 2.75) is 13.8 Å². The summed E-state index contributed by atoms with van der Waals surface area (Å²) in [6, 6.07) is 14.0. The van der Waals surface area contributed by atoms with Crippen LogP contribution in [0.3, 0.4) is 0 Å². The van der Waals surface area contributed by atoms with E-state index in [9.17, 15) is 9.59 Å². The quantitative estimate of drug-likeness (QED) is 0.474. The molecule has 2 heterocycles. The highest BCUT2D eigenvalue weighted by Crippen LogP contribution is 2.35. The lowest BCUT2D eigenvalue weighted by molar-refractivity contribution is 0.714. The third-order valence-electron chi connectivity index (χ3n) is 5.18. The van der Waals surface area contributed by atoms with Crippen LogP contribution in [0, 0.1) is 13.8 Å². The van der Waals surface area contributed by atoms with Crippen LogP contribution in [-0.4, -0.2) is 13.7 Å². The maximum Gasteiger partial charge on any atom is 0.330 e. The van der Waals surface area contributed by atoms with Gasteiger partial charge in [0.05, 0.1) is 16.6 Å². The lowest BCUT2D eigenvalue weighted by atomic mass is 10.1. The number of aryl methyl sites for hydroxylation is 3. The zero-order valence-corrected chi connectivity index (χ0v) is 17.7. The van der Waals surface area contributed by atoms with E-state index in [0.717, 1.165) is 31.5 Å². The summed E-state index contributed by atoms with van der Waals surface area (Å²) < 4.78 is 5.59. The van der Waals surface area contributed by atoms with Gasteiger partial charge in [-0.15, -0.1) is 0 Å². The molecule has 0 aliphatic rings. The standard InChI is InChI=1S/C22H20BrN3O2/c1-13-9-10-17(14(2)11-13)26-12-18-19(21(27)25(4)22(28)24(18)3)20(26)15-7-5-6-8-16(15)23/h5-12H,1-4H3. The van der Waals surface area contributed by atoms with Crippen molar-refractivity contribution >= 4 is 26.8 Å². The Bertz CT molecular complexity index is 1360. The number of nitrogens with zero attached hydrogens (tertiary/aromatic N) is 3. The number of halogens is 1. The van der Waals surface area contributed by atoms with E-state index in [1.807, 2.05) is 54.1 Å². The Labute approximate surface area is 170 Å². The summed E-state index contributed by atoms with van der Waals surface area (Å²) in [5.41, 5.74) is 4.88. The molecular formula is C22H20BrN3O2. The average molecular weight is 438 g/mol. The fourth-order valence-electron chi connectivity index (χ4n) is 3.72. The molecule has 0 bridgehead atoms. The van der Waals surface area contributed by atoms with Gasteiger partial charge in [0, 0.05) is 36.0 Å². The van der Waals surface area contributed by atoms with Gasteiger partial charge in [-0.25, -0.2) is 4.79 Å². The molecule has 0 saturated carbocycles. The highest BCUT2D eigenvalue weighted by atomic mass is 79.9. The molecule has 0 spiro atoms. The smallest absolute Gasteiger partial charge is 0.313 e. The predicted molar refractivity (Wildman–Crippen MR) is 116 cm³/mol. The molecule has 0 unspecified atom stereocenters. The van der Waals surface area contributed by atoms with Crippen LogP contribution >= 0.6 is 15.9 Å². The summed E-state index contributed by atoms with van der Waals surface area (Å²) >= 11 is 3.63. The van der Waals surface area contributed by atoms with Gasteiger partial charge in [-0.1, -0.05) is 51.8 Å². The fourth-order valence-corrected chi connectivity index (χ4v) is 4.20. The molecule has 0 amide bonds. The van der Waals surface area contributed by atoms with Crippen molar-refractivity contribution in [3.8, 4) is 16.9 Å². The van der Waals surface area contributed by atoms with Gasteiger partial charge in [0.1, 0.15) is 0 Å². The average Bonchev–Trinajstić information content (AvgIpc) is 3.05. The number of aromatic nitrogens is 3. The van der Waals surface area contributed by atoms with Gasteiger partial charge in [-0.2, -0.15) is 0 Å². The fraction of sp³-hybridized carbons (Fsp3) is 0.182. The monoisotopic (exact) mass is 437 g/mol. The van der Waals surface area contributed by atoms with Gasteiger partial charge >= 0.3 is 5.69 Å². The van der Waals surface area contributed by atoms with Crippen LogP contribution in [0.4, 0.5) is 0 Å². The molecule has 2 aromatic heterocycles. The molecule has 0 saturated heterocycles. The molecule has 0 atom stereocenters. The molecule has 28 heavy (non-hydrogen) atoms. The second kappa shape index (κ2) is 6.63. The summed E-state index contributed by atoms with van der Waals surface area (Å²) in [7, 11) is 3.21. The van der Waals surface area contributed by atoms with Crippen molar-refractivity contribution in [2.75, 3.05) is 0 Å². The Morgan fingerprint density at radius 2 is 1.64 bits per heavy atom. The molecule has 2 aromatic carbocycles. The second-order valence-electron chi connectivity index (χ2n) is 7.08. The van der Waals surface area contributed by atoms with Crippen molar-refractivity contribution < 1.29 is 0 Å². The normalized spacial score (nSPS) is 11.3. The lowest BCUT2D eigenvalue weighted by Gasteiger charge is -2.14. The van der Waals surface area contributed by atoms with Gasteiger partial charge < -0.3 is 4.57 Å². The number of hydrogen-bond donors (Lipinski definition) is 0. The van der Waals surface area contributed by atoms with Crippen LogP contribution in [0.15, 0.2) is 62.7 Å². The van der Waals surface area contributed by atoms with Crippen LogP contribution in [0.5, 0.6) is 0 Å². The minimum atomic E-state index is -0.339. The van der Waals surface area contributed by atoms with E-state index in [-0.39, 0.29) is 11.2 Å². The van der Waals surface area contributed by atoms with E-state index < -0.39 is 0 Å². The first kappa shape index (κ1) is 18.5. The first-order chi connectivity index (χ1) is 13.3. The van der Waals surface area contributed by atoms with Crippen LogP contribution < -0.4 is 11.2 Å². The van der Waals surface area contributed by atoms with Crippen molar-refractivity contribution in [3.05, 3.63) is 85.1 Å². The van der Waals surface area contributed by atoms with E-state index in [1.54, 1.807) is 7.05 Å². The summed E-state index contributed by atoms with van der Waals surface area (Å²) in [5.74, 6) is 0. The molecule has 4 aromatic rings. The molecule has 0 aliphatic carbocycles. The number of benzene rings is 2. The Kier molecular flexibility index (Phi) is 4.38. The third-order valence-corrected chi connectivity index (χ3v) is 5.87. The molecule has 4 rings (SSSR count). The van der Waals surface area contributed by atoms with Gasteiger partial charge in [0.15, 0.2) is 0 Å². The molecule has 142 valence electrons.